The highest BCUT2D eigenvalue weighted by atomic mass is 32.2. The van der Waals surface area contributed by atoms with Crippen molar-refractivity contribution in [1.82, 2.24) is 4.72 Å². The maximum Gasteiger partial charge on any atom is 0.115 e. The number of hydrogen-bond acceptors (Lipinski definition) is 3. The van der Waals surface area contributed by atoms with E-state index in [1.165, 1.54) is 0 Å². The van der Waals surface area contributed by atoms with E-state index in [1.807, 2.05) is 12.1 Å². The van der Waals surface area contributed by atoms with Crippen LogP contribution in [0.1, 0.15) is 13.3 Å². The second-order valence-electron chi connectivity index (χ2n) is 2.49. The van der Waals surface area contributed by atoms with Crippen molar-refractivity contribution in [1.29, 1.82) is 0 Å². The second kappa shape index (κ2) is 5.06. The van der Waals surface area contributed by atoms with Gasteiger partial charge in [0.25, 0.3) is 0 Å². The second-order valence-corrected chi connectivity index (χ2v) is 3.45. The monoisotopic (exact) mass is 183 g/mol. The van der Waals surface area contributed by atoms with Crippen molar-refractivity contribution in [3.05, 3.63) is 24.3 Å². The summed E-state index contributed by atoms with van der Waals surface area (Å²) in [6.07, 6.45) is 1.13. The molecule has 0 radical (unpaired) electrons. The Kier molecular flexibility index (Phi) is 3.97. The van der Waals surface area contributed by atoms with Gasteiger partial charge in [0.15, 0.2) is 0 Å². The van der Waals surface area contributed by atoms with Gasteiger partial charge in [-0.2, -0.15) is 0 Å². The molecule has 0 heterocycles. The topological polar surface area (TPSA) is 32.3 Å². The SMILES string of the molecule is CCCNSc1ccc(O)cc1. The van der Waals surface area contributed by atoms with Crippen LogP contribution >= 0.6 is 11.9 Å². The summed E-state index contributed by atoms with van der Waals surface area (Å²) in [6, 6.07) is 7.16. The van der Waals surface area contributed by atoms with E-state index in [0.29, 0.717) is 5.75 Å². The van der Waals surface area contributed by atoms with Crippen LogP contribution in [0, 0.1) is 0 Å². The number of nitrogens with one attached hydrogen (secondary N) is 1. The minimum Gasteiger partial charge on any atom is -0.508 e. The minimum atomic E-state index is 0.315. The largest absolute Gasteiger partial charge is 0.508 e. The van der Waals surface area contributed by atoms with E-state index in [-0.39, 0.29) is 0 Å². The fourth-order valence-corrected chi connectivity index (χ4v) is 1.50. The summed E-state index contributed by atoms with van der Waals surface area (Å²) in [5, 5.41) is 9.00. The lowest BCUT2D eigenvalue weighted by Gasteiger charge is -2.01. The third-order valence-corrected chi connectivity index (χ3v) is 2.24. The Morgan fingerprint density at radius 2 is 2.00 bits per heavy atom. The standard InChI is InChI=1S/C9H13NOS/c1-2-7-10-12-9-5-3-8(11)4-6-9/h3-6,10-11H,2,7H2,1H3. The quantitative estimate of drug-likeness (QED) is 0.555. The molecule has 0 aromatic heterocycles. The molecule has 0 aliphatic heterocycles. The Morgan fingerprint density at radius 1 is 1.33 bits per heavy atom. The first-order valence-electron chi connectivity index (χ1n) is 4.01. The van der Waals surface area contributed by atoms with E-state index in [1.54, 1.807) is 24.1 Å². The molecule has 66 valence electrons. The van der Waals surface area contributed by atoms with Crippen molar-refractivity contribution in [2.24, 2.45) is 0 Å². The molecule has 2 N–H and O–H groups in total. The van der Waals surface area contributed by atoms with Crippen LogP contribution < -0.4 is 4.72 Å². The first-order chi connectivity index (χ1) is 5.83. The normalized spacial score (nSPS) is 10.1. The molecule has 0 atom stereocenters. The Bertz CT molecular complexity index is 222. The van der Waals surface area contributed by atoms with Gasteiger partial charge in [0.05, 0.1) is 0 Å². The van der Waals surface area contributed by atoms with Gasteiger partial charge in [-0.3, -0.25) is 4.72 Å². The zero-order chi connectivity index (χ0) is 8.81. The highest BCUT2D eigenvalue weighted by Gasteiger charge is 1.92. The van der Waals surface area contributed by atoms with Gasteiger partial charge in [0.1, 0.15) is 5.75 Å². The first-order valence-corrected chi connectivity index (χ1v) is 4.83. The van der Waals surface area contributed by atoms with Crippen molar-refractivity contribution < 1.29 is 5.11 Å². The van der Waals surface area contributed by atoms with Crippen LogP contribution in [0.5, 0.6) is 5.75 Å². The van der Waals surface area contributed by atoms with Crippen LogP contribution in [-0.4, -0.2) is 11.7 Å². The van der Waals surface area contributed by atoms with Crippen LogP contribution in [0.25, 0.3) is 0 Å². The number of phenols is 1. The maximum atomic E-state index is 9.00. The van der Waals surface area contributed by atoms with Crippen molar-refractivity contribution in [3.63, 3.8) is 0 Å². The number of hydrogen-bond donors (Lipinski definition) is 2. The average Bonchev–Trinajstić information content (AvgIpc) is 2.09. The molecule has 3 heteroatoms. The maximum absolute atomic E-state index is 9.00. The molecule has 1 rings (SSSR count). The zero-order valence-corrected chi connectivity index (χ0v) is 7.90. The van der Waals surface area contributed by atoms with Crippen molar-refractivity contribution in [2.75, 3.05) is 6.54 Å². The Hall–Kier alpha value is -0.670. The van der Waals surface area contributed by atoms with Gasteiger partial charge in [0, 0.05) is 11.4 Å². The van der Waals surface area contributed by atoms with Gasteiger partial charge in [-0.1, -0.05) is 6.92 Å². The summed E-state index contributed by atoms with van der Waals surface area (Å²) in [4.78, 5) is 1.13. The van der Waals surface area contributed by atoms with Gasteiger partial charge in [-0.25, -0.2) is 0 Å². The molecule has 0 fully saturated rings. The third-order valence-electron chi connectivity index (χ3n) is 1.38. The lowest BCUT2D eigenvalue weighted by molar-refractivity contribution is 0.475. The minimum absolute atomic E-state index is 0.315. The molecule has 0 aliphatic carbocycles. The van der Waals surface area contributed by atoms with Crippen molar-refractivity contribution in [2.45, 2.75) is 18.2 Å². The summed E-state index contributed by atoms with van der Waals surface area (Å²) >= 11 is 1.59. The van der Waals surface area contributed by atoms with Crippen LogP contribution in [0.2, 0.25) is 0 Å². The van der Waals surface area contributed by atoms with Gasteiger partial charge in [-0.05, 0) is 42.6 Å². The van der Waals surface area contributed by atoms with E-state index >= 15 is 0 Å². The first kappa shape index (κ1) is 9.42. The predicted molar refractivity (Wildman–Crippen MR) is 52.3 cm³/mol. The van der Waals surface area contributed by atoms with Crippen LogP contribution in [0.3, 0.4) is 0 Å². The van der Waals surface area contributed by atoms with Crippen LogP contribution in [0.4, 0.5) is 0 Å². The van der Waals surface area contributed by atoms with Crippen molar-refractivity contribution >= 4 is 11.9 Å². The molecule has 2 nitrogen and oxygen atoms in total. The van der Waals surface area contributed by atoms with Crippen LogP contribution in [0.15, 0.2) is 29.2 Å². The lowest BCUT2D eigenvalue weighted by atomic mass is 10.3. The molecule has 0 saturated carbocycles. The summed E-state index contributed by atoms with van der Waals surface area (Å²) in [7, 11) is 0. The summed E-state index contributed by atoms with van der Waals surface area (Å²) in [5.41, 5.74) is 0. The number of benzene rings is 1. The van der Waals surface area contributed by atoms with Gasteiger partial charge < -0.3 is 5.11 Å². The molecule has 0 spiro atoms. The molecule has 0 bridgehead atoms. The molecule has 1 aromatic rings. The number of aromatic hydroxyl groups is 1. The molecule has 0 aliphatic rings. The predicted octanol–water partition coefficient (Wildman–Crippen LogP) is 2.40. The van der Waals surface area contributed by atoms with Crippen LogP contribution in [-0.2, 0) is 0 Å². The summed E-state index contributed by atoms with van der Waals surface area (Å²) in [6.45, 7) is 3.13. The lowest BCUT2D eigenvalue weighted by Crippen LogP contribution is -2.02. The highest BCUT2D eigenvalue weighted by molar-refractivity contribution is 7.97. The van der Waals surface area contributed by atoms with Gasteiger partial charge >= 0.3 is 0 Å². The number of rotatable bonds is 4. The molecule has 0 amide bonds. The Labute approximate surface area is 77.1 Å². The molecule has 0 saturated heterocycles. The fourth-order valence-electron chi connectivity index (χ4n) is 0.751. The smallest absolute Gasteiger partial charge is 0.115 e. The van der Waals surface area contributed by atoms with E-state index in [9.17, 15) is 0 Å². The highest BCUT2D eigenvalue weighted by Crippen LogP contribution is 2.17. The molecular formula is C9H13NOS. The molecule has 0 unspecified atom stereocenters. The Balaban J connectivity index is 2.37. The van der Waals surface area contributed by atoms with Gasteiger partial charge in [0.2, 0.25) is 0 Å². The number of phenolic OH excluding ortho intramolecular Hbond substituents is 1. The van der Waals surface area contributed by atoms with E-state index in [4.69, 9.17) is 5.11 Å². The van der Waals surface area contributed by atoms with E-state index in [2.05, 4.69) is 11.6 Å². The van der Waals surface area contributed by atoms with E-state index < -0.39 is 0 Å². The summed E-state index contributed by atoms with van der Waals surface area (Å²) in [5.74, 6) is 0.315. The molecular weight excluding hydrogens is 170 g/mol. The Morgan fingerprint density at radius 3 is 2.58 bits per heavy atom. The third kappa shape index (κ3) is 3.15. The molecule has 12 heavy (non-hydrogen) atoms. The zero-order valence-electron chi connectivity index (χ0n) is 7.08. The van der Waals surface area contributed by atoms with Gasteiger partial charge in [-0.15, -0.1) is 0 Å². The molecule has 1 aromatic carbocycles. The fraction of sp³-hybridized carbons (Fsp3) is 0.333. The van der Waals surface area contributed by atoms with Crippen molar-refractivity contribution in [3.8, 4) is 5.75 Å². The average molecular weight is 183 g/mol. The summed E-state index contributed by atoms with van der Waals surface area (Å²) < 4.78 is 3.21. The van der Waals surface area contributed by atoms with E-state index in [0.717, 1.165) is 17.9 Å².